The minimum atomic E-state index is 0.121. The molecule has 1 aliphatic heterocycles. The quantitative estimate of drug-likeness (QED) is 0.895. The van der Waals surface area contributed by atoms with Crippen molar-refractivity contribution >= 4 is 22.5 Å². The number of anilines is 1. The van der Waals surface area contributed by atoms with Crippen LogP contribution < -0.4 is 15.4 Å². The smallest absolute Gasteiger partial charge is 0.220 e. The molecule has 0 radical (unpaired) electrons. The molecule has 0 bridgehead atoms. The van der Waals surface area contributed by atoms with Crippen molar-refractivity contribution in [1.82, 2.24) is 10.3 Å². The number of ether oxygens (including phenoxy) is 1. The Morgan fingerprint density at radius 3 is 3.00 bits per heavy atom. The Morgan fingerprint density at radius 2 is 2.25 bits per heavy atom. The predicted molar refractivity (Wildman–Crippen MR) is 77.9 cm³/mol. The van der Waals surface area contributed by atoms with E-state index in [2.05, 4.69) is 15.6 Å². The number of pyridine rings is 1. The molecule has 1 fully saturated rings. The molecule has 2 heterocycles. The normalized spacial score (nSPS) is 18.6. The summed E-state index contributed by atoms with van der Waals surface area (Å²) in [5.74, 6) is 1.79. The molecule has 1 amide bonds. The van der Waals surface area contributed by atoms with E-state index in [4.69, 9.17) is 4.74 Å². The first-order valence-electron chi connectivity index (χ1n) is 6.73. The third-order valence-corrected chi connectivity index (χ3v) is 3.59. The Labute approximate surface area is 117 Å². The third-order valence-electron chi connectivity index (χ3n) is 3.59. The van der Waals surface area contributed by atoms with Crippen molar-refractivity contribution < 1.29 is 9.53 Å². The van der Waals surface area contributed by atoms with Gasteiger partial charge in [-0.2, -0.15) is 0 Å². The van der Waals surface area contributed by atoms with Crippen molar-refractivity contribution in [2.45, 2.75) is 18.9 Å². The Kier molecular flexibility index (Phi) is 3.41. The van der Waals surface area contributed by atoms with Crippen LogP contribution in [-0.4, -0.2) is 30.6 Å². The van der Waals surface area contributed by atoms with Gasteiger partial charge in [0.05, 0.1) is 7.11 Å². The van der Waals surface area contributed by atoms with E-state index in [9.17, 15) is 4.79 Å². The molecular weight excluding hydrogens is 254 g/mol. The maximum atomic E-state index is 11.2. The molecule has 5 nitrogen and oxygen atoms in total. The highest BCUT2D eigenvalue weighted by Gasteiger charge is 2.18. The van der Waals surface area contributed by atoms with Crippen LogP contribution in [0, 0.1) is 0 Å². The van der Waals surface area contributed by atoms with Gasteiger partial charge in [-0.15, -0.1) is 0 Å². The van der Waals surface area contributed by atoms with Gasteiger partial charge in [0.25, 0.3) is 0 Å². The van der Waals surface area contributed by atoms with Gasteiger partial charge in [-0.25, -0.2) is 4.98 Å². The number of nitrogens with zero attached hydrogens (tertiary/aromatic N) is 1. The van der Waals surface area contributed by atoms with Crippen molar-refractivity contribution in [2.24, 2.45) is 0 Å². The van der Waals surface area contributed by atoms with E-state index in [1.54, 1.807) is 13.3 Å². The Hall–Kier alpha value is -2.30. The Bertz CT molecular complexity index is 632. The molecule has 104 valence electrons. The summed E-state index contributed by atoms with van der Waals surface area (Å²) < 4.78 is 5.37. The van der Waals surface area contributed by atoms with Crippen LogP contribution in [0.15, 0.2) is 30.5 Å². The summed E-state index contributed by atoms with van der Waals surface area (Å²) in [6, 6.07) is 8.08. The van der Waals surface area contributed by atoms with E-state index < -0.39 is 0 Å². The molecule has 1 aromatic heterocycles. The average molecular weight is 271 g/mol. The van der Waals surface area contributed by atoms with E-state index >= 15 is 0 Å². The third kappa shape index (κ3) is 2.39. The minimum absolute atomic E-state index is 0.121. The SMILES string of the molecule is COc1cccc2c(NC3CCC(=O)NC3)nccc12. The molecular formula is C15H17N3O2. The van der Waals surface area contributed by atoms with Crippen molar-refractivity contribution in [1.29, 1.82) is 0 Å². The highest BCUT2D eigenvalue weighted by molar-refractivity contribution is 5.96. The lowest BCUT2D eigenvalue weighted by Crippen LogP contribution is -2.42. The molecule has 2 aromatic rings. The number of rotatable bonds is 3. The van der Waals surface area contributed by atoms with Gasteiger partial charge >= 0.3 is 0 Å². The number of fused-ring (bicyclic) bond motifs is 1. The number of benzene rings is 1. The number of methoxy groups -OCH3 is 1. The maximum absolute atomic E-state index is 11.2. The first-order chi connectivity index (χ1) is 9.78. The molecule has 3 rings (SSSR count). The lowest BCUT2D eigenvalue weighted by atomic mass is 10.1. The molecule has 1 atom stereocenters. The van der Waals surface area contributed by atoms with E-state index in [-0.39, 0.29) is 11.9 Å². The number of aromatic nitrogens is 1. The Morgan fingerprint density at radius 1 is 1.35 bits per heavy atom. The average Bonchev–Trinajstić information content (AvgIpc) is 2.49. The fourth-order valence-electron chi connectivity index (χ4n) is 2.52. The molecule has 0 saturated carbocycles. The van der Waals surface area contributed by atoms with Gasteiger partial charge in [0.15, 0.2) is 0 Å². The summed E-state index contributed by atoms with van der Waals surface area (Å²) in [6.07, 6.45) is 3.16. The standard InChI is InChI=1S/C15H17N3O2/c1-20-13-4-2-3-12-11(13)7-8-16-15(12)18-10-5-6-14(19)17-9-10/h2-4,7-8,10H,5-6,9H2,1H3,(H,16,18)(H,17,19). The first kappa shape index (κ1) is 12.7. The van der Waals surface area contributed by atoms with Crippen LogP contribution >= 0.6 is 0 Å². The molecule has 5 heteroatoms. The predicted octanol–water partition coefficient (Wildman–Crippen LogP) is 1.93. The first-order valence-corrected chi connectivity index (χ1v) is 6.73. The van der Waals surface area contributed by atoms with Gasteiger partial charge in [0.1, 0.15) is 11.6 Å². The number of amides is 1. The van der Waals surface area contributed by atoms with Crippen LogP contribution in [0.5, 0.6) is 5.75 Å². The van der Waals surface area contributed by atoms with E-state index in [1.807, 2.05) is 24.3 Å². The second-order valence-electron chi connectivity index (χ2n) is 4.90. The summed E-state index contributed by atoms with van der Waals surface area (Å²) in [5, 5.41) is 8.35. The van der Waals surface area contributed by atoms with Crippen LogP contribution in [-0.2, 0) is 4.79 Å². The van der Waals surface area contributed by atoms with Gasteiger partial charge in [-0.05, 0) is 18.6 Å². The van der Waals surface area contributed by atoms with Gasteiger partial charge in [0, 0.05) is 36.0 Å². The van der Waals surface area contributed by atoms with Crippen LogP contribution in [0.2, 0.25) is 0 Å². The van der Waals surface area contributed by atoms with Gasteiger partial charge in [-0.3, -0.25) is 4.79 Å². The number of hydrogen-bond donors (Lipinski definition) is 2. The second-order valence-corrected chi connectivity index (χ2v) is 4.90. The van der Waals surface area contributed by atoms with Gasteiger partial charge in [-0.1, -0.05) is 12.1 Å². The molecule has 20 heavy (non-hydrogen) atoms. The van der Waals surface area contributed by atoms with E-state index in [0.717, 1.165) is 28.8 Å². The summed E-state index contributed by atoms with van der Waals surface area (Å²) in [5.41, 5.74) is 0. The summed E-state index contributed by atoms with van der Waals surface area (Å²) in [6.45, 7) is 0.640. The molecule has 0 aliphatic carbocycles. The lowest BCUT2D eigenvalue weighted by Gasteiger charge is -2.24. The number of piperidine rings is 1. The molecule has 1 saturated heterocycles. The van der Waals surface area contributed by atoms with E-state index in [1.165, 1.54) is 0 Å². The van der Waals surface area contributed by atoms with Crippen molar-refractivity contribution in [3.05, 3.63) is 30.5 Å². The zero-order valence-corrected chi connectivity index (χ0v) is 11.3. The monoisotopic (exact) mass is 271 g/mol. The van der Waals surface area contributed by atoms with Crippen LogP contribution in [0.3, 0.4) is 0 Å². The van der Waals surface area contributed by atoms with Gasteiger partial charge in [0.2, 0.25) is 5.91 Å². The highest BCUT2D eigenvalue weighted by atomic mass is 16.5. The molecule has 1 aliphatic rings. The number of carbonyl (C=O) groups is 1. The number of hydrogen-bond acceptors (Lipinski definition) is 4. The van der Waals surface area contributed by atoms with Crippen LogP contribution in [0.25, 0.3) is 10.8 Å². The zero-order chi connectivity index (χ0) is 13.9. The van der Waals surface area contributed by atoms with Crippen molar-refractivity contribution in [3.63, 3.8) is 0 Å². The van der Waals surface area contributed by atoms with Crippen molar-refractivity contribution in [3.8, 4) is 5.75 Å². The van der Waals surface area contributed by atoms with Crippen molar-refractivity contribution in [2.75, 3.05) is 19.0 Å². The molecule has 1 unspecified atom stereocenters. The van der Waals surface area contributed by atoms with Crippen LogP contribution in [0.1, 0.15) is 12.8 Å². The molecule has 2 N–H and O–H groups in total. The number of carbonyl (C=O) groups excluding carboxylic acids is 1. The zero-order valence-electron chi connectivity index (χ0n) is 11.3. The highest BCUT2D eigenvalue weighted by Crippen LogP contribution is 2.29. The van der Waals surface area contributed by atoms with Gasteiger partial charge < -0.3 is 15.4 Å². The molecule has 1 aromatic carbocycles. The summed E-state index contributed by atoms with van der Waals surface area (Å²) >= 11 is 0. The summed E-state index contributed by atoms with van der Waals surface area (Å²) in [7, 11) is 1.67. The van der Waals surface area contributed by atoms with Crippen LogP contribution in [0.4, 0.5) is 5.82 Å². The fourth-order valence-corrected chi connectivity index (χ4v) is 2.52. The van der Waals surface area contributed by atoms with E-state index in [0.29, 0.717) is 13.0 Å². The second kappa shape index (κ2) is 5.36. The lowest BCUT2D eigenvalue weighted by molar-refractivity contribution is -0.122. The fraction of sp³-hybridized carbons (Fsp3) is 0.333. The minimum Gasteiger partial charge on any atom is -0.496 e. The summed E-state index contributed by atoms with van der Waals surface area (Å²) in [4.78, 5) is 15.6. The molecule has 0 spiro atoms. The number of nitrogens with one attached hydrogen (secondary N) is 2. The maximum Gasteiger partial charge on any atom is 0.220 e. The largest absolute Gasteiger partial charge is 0.496 e. The Balaban J connectivity index is 1.90. The topological polar surface area (TPSA) is 63.2 Å².